The molecular formula is C11H22FN3O. The number of alkyl halides is 1. The third-order valence-corrected chi connectivity index (χ3v) is 2.87. The molecule has 0 saturated carbocycles. The van der Waals surface area contributed by atoms with Crippen molar-refractivity contribution in [3.63, 3.8) is 0 Å². The largest absolute Gasteiger partial charge is 0.338 e. The maximum atomic E-state index is 12.1. The molecule has 0 aromatic heterocycles. The van der Waals surface area contributed by atoms with Crippen LogP contribution in [-0.2, 0) is 0 Å². The second kappa shape index (κ2) is 7.44. The predicted molar refractivity (Wildman–Crippen MR) is 62.3 cm³/mol. The Balaban J connectivity index is 2.17. The summed E-state index contributed by atoms with van der Waals surface area (Å²) in [4.78, 5) is 15.5. The van der Waals surface area contributed by atoms with Gasteiger partial charge in [-0.3, -0.25) is 4.90 Å². The molecule has 16 heavy (non-hydrogen) atoms. The summed E-state index contributed by atoms with van der Waals surface area (Å²) >= 11 is 0. The molecule has 0 aromatic rings. The number of unbranched alkanes of at least 4 members (excludes halogenated alkanes) is 1. The summed E-state index contributed by atoms with van der Waals surface area (Å²) in [6.07, 6.45) is 2.11. The normalized spacial score (nSPS) is 17.5. The predicted octanol–water partition coefficient (Wildman–Crippen LogP) is 1.08. The minimum atomic E-state index is -0.303. The maximum Gasteiger partial charge on any atom is 0.317 e. The molecule has 5 heteroatoms. The highest BCUT2D eigenvalue weighted by Gasteiger charge is 2.19. The summed E-state index contributed by atoms with van der Waals surface area (Å²) in [5, 5.41) is 2.89. The number of carbonyl (C=O) groups is 1. The Bertz CT molecular complexity index is 205. The van der Waals surface area contributed by atoms with Crippen LogP contribution in [0, 0.1) is 0 Å². The van der Waals surface area contributed by atoms with Crippen LogP contribution in [0.1, 0.15) is 19.8 Å². The number of nitrogens with one attached hydrogen (secondary N) is 1. The Morgan fingerprint density at radius 3 is 2.56 bits per heavy atom. The lowest BCUT2D eigenvalue weighted by molar-refractivity contribution is 0.134. The maximum absolute atomic E-state index is 12.1. The van der Waals surface area contributed by atoms with Gasteiger partial charge in [-0.25, -0.2) is 9.18 Å². The van der Waals surface area contributed by atoms with E-state index in [1.165, 1.54) is 0 Å². The summed E-state index contributed by atoms with van der Waals surface area (Å²) in [5.41, 5.74) is 0. The van der Waals surface area contributed by atoms with Crippen LogP contribution in [0.15, 0.2) is 0 Å². The number of urea groups is 1. The van der Waals surface area contributed by atoms with Crippen LogP contribution in [0.4, 0.5) is 9.18 Å². The van der Waals surface area contributed by atoms with Crippen LogP contribution < -0.4 is 5.32 Å². The van der Waals surface area contributed by atoms with Gasteiger partial charge in [0.15, 0.2) is 0 Å². The van der Waals surface area contributed by atoms with Gasteiger partial charge >= 0.3 is 6.03 Å². The molecule has 1 fully saturated rings. The van der Waals surface area contributed by atoms with E-state index in [-0.39, 0.29) is 12.7 Å². The molecule has 0 radical (unpaired) electrons. The molecule has 0 bridgehead atoms. The van der Waals surface area contributed by atoms with E-state index in [1.807, 2.05) is 4.90 Å². The molecule has 1 N–H and O–H groups in total. The Kier molecular flexibility index (Phi) is 6.15. The zero-order valence-electron chi connectivity index (χ0n) is 10.0. The standard InChI is InChI=1S/C11H22FN3O/c1-2-3-5-13-11(16)15-9-7-14(6-4-12)8-10-15/h2-10H2,1H3,(H,13,16). The van der Waals surface area contributed by atoms with Gasteiger partial charge in [0, 0.05) is 39.3 Å². The fourth-order valence-corrected chi connectivity index (χ4v) is 1.78. The third-order valence-electron chi connectivity index (χ3n) is 2.87. The first-order chi connectivity index (χ1) is 7.77. The molecule has 0 aromatic carbocycles. The molecule has 1 saturated heterocycles. The number of piperazine rings is 1. The monoisotopic (exact) mass is 231 g/mol. The quantitative estimate of drug-likeness (QED) is 0.719. The number of hydrogen-bond acceptors (Lipinski definition) is 2. The smallest absolute Gasteiger partial charge is 0.317 e. The fraction of sp³-hybridized carbons (Fsp3) is 0.909. The molecule has 1 aliphatic rings. The summed E-state index contributed by atoms with van der Waals surface area (Å²) in [7, 11) is 0. The Morgan fingerprint density at radius 1 is 1.31 bits per heavy atom. The number of carbonyl (C=O) groups excluding carboxylic acids is 1. The molecule has 94 valence electrons. The van der Waals surface area contributed by atoms with Crippen LogP contribution in [0.25, 0.3) is 0 Å². The minimum Gasteiger partial charge on any atom is -0.338 e. The lowest BCUT2D eigenvalue weighted by Gasteiger charge is -2.34. The highest BCUT2D eigenvalue weighted by molar-refractivity contribution is 5.74. The Morgan fingerprint density at radius 2 is 2.00 bits per heavy atom. The topological polar surface area (TPSA) is 35.6 Å². The van der Waals surface area contributed by atoms with Crippen LogP contribution in [0.2, 0.25) is 0 Å². The molecular weight excluding hydrogens is 209 g/mol. The van der Waals surface area contributed by atoms with Crippen molar-refractivity contribution in [1.29, 1.82) is 0 Å². The molecule has 1 heterocycles. The molecule has 0 aliphatic carbocycles. The van der Waals surface area contributed by atoms with Gasteiger partial charge < -0.3 is 10.2 Å². The molecule has 0 atom stereocenters. The average Bonchev–Trinajstić information content (AvgIpc) is 2.30. The SMILES string of the molecule is CCCCNC(=O)N1CCN(CCF)CC1. The molecule has 0 unspecified atom stereocenters. The van der Waals surface area contributed by atoms with E-state index in [2.05, 4.69) is 17.1 Å². The highest BCUT2D eigenvalue weighted by Crippen LogP contribution is 2.01. The lowest BCUT2D eigenvalue weighted by Crippen LogP contribution is -2.52. The van der Waals surface area contributed by atoms with E-state index in [1.54, 1.807) is 0 Å². The van der Waals surface area contributed by atoms with Gasteiger partial charge in [-0.1, -0.05) is 13.3 Å². The van der Waals surface area contributed by atoms with Gasteiger partial charge in [0.25, 0.3) is 0 Å². The van der Waals surface area contributed by atoms with E-state index in [0.717, 1.165) is 32.5 Å². The van der Waals surface area contributed by atoms with Crippen molar-refractivity contribution < 1.29 is 9.18 Å². The average molecular weight is 231 g/mol. The first kappa shape index (κ1) is 13.2. The van der Waals surface area contributed by atoms with E-state index >= 15 is 0 Å². The van der Waals surface area contributed by atoms with Crippen LogP contribution >= 0.6 is 0 Å². The van der Waals surface area contributed by atoms with Gasteiger partial charge in [0.2, 0.25) is 0 Å². The van der Waals surface area contributed by atoms with Crippen molar-refractivity contribution in [3.8, 4) is 0 Å². The molecule has 2 amide bonds. The summed E-state index contributed by atoms with van der Waals surface area (Å²) in [6, 6.07) is 0.0216. The second-order valence-electron chi connectivity index (χ2n) is 4.10. The van der Waals surface area contributed by atoms with Crippen molar-refractivity contribution in [2.45, 2.75) is 19.8 Å². The van der Waals surface area contributed by atoms with Crippen molar-refractivity contribution in [2.24, 2.45) is 0 Å². The molecule has 4 nitrogen and oxygen atoms in total. The number of amides is 2. The summed E-state index contributed by atoms with van der Waals surface area (Å²) in [6.45, 7) is 6.02. The van der Waals surface area contributed by atoms with E-state index in [4.69, 9.17) is 0 Å². The zero-order chi connectivity index (χ0) is 11.8. The second-order valence-corrected chi connectivity index (χ2v) is 4.10. The van der Waals surface area contributed by atoms with E-state index in [0.29, 0.717) is 19.6 Å². The first-order valence-electron chi connectivity index (χ1n) is 6.09. The van der Waals surface area contributed by atoms with Crippen LogP contribution in [0.5, 0.6) is 0 Å². The van der Waals surface area contributed by atoms with E-state index < -0.39 is 0 Å². The number of rotatable bonds is 5. The van der Waals surface area contributed by atoms with Gasteiger partial charge in [0.05, 0.1) is 0 Å². The van der Waals surface area contributed by atoms with Crippen molar-refractivity contribution >= 4 is 6.03 Å². The van der Waals surface area contributed by atoms with Crippen molar-refractivity contribution in [3.05, 3.63) is 0 Å². The molecule has 0 spiro atoms. The number of hydrogen-bond donors (Lipinski definition) is 1. The first-order valence-corrected chi connectivity index (χ1v) is 6.09. The van der Waals surface area contributed by atoms with Gasteiger partial charge in [-0.2, -0.15) is 0 Å². The van der Waals surface area contributed by atoms with E-state index in [9.17, 15) is 9.18 Å². The van der Waals surface area contributed by atoms with Crippen molar-refractivity contribution in [1.82, 2.24) is 15.1 Å². The lowest BCUT2D eigenvalue weighted by atomic mass is 10.3. The molecule has 1 rings (SSSR count). The Hall–Kier alpha value is -0.840. The number of halogens is 1. The minimum absolute atomic E-state index is 0.0216. The summed E-state index contributed by atoms with van der Waals surface area (Å²) in [5.74, 6) is 0. The molecule has 1 aliphatic heterocycles. The van der Waals surface area contributed by atoms with Crippen LogP contribution in [0.3, 0.4) is 0 Å². The Labute approximate surface area is 96.8 Å². The van der Waals surface area contributed by atoms with Crippen LogP contribution in [-0.4, -0.2) is 61.8 Å². The van der Waals surface area contributed by atoms with Gasteiger partial charge in [-0.15, -0.1) is 0 Å². The zero-order valence-corrected chi connectivity index (χ0v) is 10.0. The fourth-order valence-electron chi connectivity index (χ4n) is 1.78. The van der Waals surface area contributed by atoms with Crippen molar-refractivity contribution in [2.75, 3.05) is 45.9 Å². The van der Waals surface area contributed by atoms with Gasteiger partial charge in [-0.05, 0) is 6.42 Å². The highest BCUT2D eigenvalue weighted by atomic mass is 19.1. The third kappa shape index (κ3) is 4.35. The van der Waals surface area contributed by atoms with Gasteiger partial charge in [0.1, 0.15) is 6.67 Å². The number of nitrogens with zero attached hydrogens (tertiary/aromatic N) is 2. The summed E-state index contributed by atoms with van der Waals surface area (Å²) < 4.78 is 12.1.